The van der Waals surface area contributed by atoms with Crippen molar-refractivity contribution >= 4 is 0 Å². The van der Waals surface area contributed by atoms with Crippen LogP contribution in [-0.2, 0) is 11.3 Å². The predicted molar refractivity (Wildman–Crippen MR) is 66.6 cm³/mol. The summed E-state index contributed by atoms with van der Waals surface area (Å²) in [6, 6.07) is 5.62. The molecular formula is C14H20FNO. The molecule has 2 nitrogen and oxygen atoms in total. The molecule has 1 aliphatic heterocycles. The lowest BCUT2D eigenvalue weighted by Gasteiger charge is -2.26. The summed E-state index contributed by atoms with van der Waals surface area (Å²) in [6.45, 7) is 8.29. The molecule has 1 fully saturated rings. The average Bonchev–Trinajstić information content (AvgIpc) is 2.30. The van der Waals surface area contributed by atoms with Gasteiger partial charge in [0, 0.05) is 19.6 Å². The maximum absolute atomic E-state index is 13.8. The van der Waals surface area contributed by atoms with E-state index in [0.29, 0.717) is 0 Å². The lowest BCUT2D eigenvalue weighted by molar-refractivity contribution is 0.0341. The van der Waals surface area contributed by atoms with Crippen LogP contribution in [0.3, 0.4) is 0 Å². The molecule has 17 heavy (non-hydrogen) atoms. The van der Waals surface area contributed by atoms with Gasteiger partial charge in [-0.2, -0.15) is 0 Å². The van der Waals surface area contributed by atoms with E-state index < -0.39 is 0 Å². The number of benzene rings is 1. The largest absolute Gasteiger partial charge is 0.379 e. The number of nitrogens with zero attached hydrogens (tertiary/aromatic N) is 1. The van der Waals surface area contributed by atoms with Gasteiger partial charge in [-0.1, -0.05) is 26.0 Å². The fourth-order valence-corrected chi connectivity index (χ4v) is 2.15. The summed E-state index contributed by atoms with van der Waals surface area (Å²) in [4.78, 5) is 2.30. The first-order valence-corrected chi connectivity index (χ1v) is 6.25. The predicted octanol–water partition coefficient (Wildman–Crippen LogP) is 2.78. The van der Waals surface area contributed by atoms with Crippen molar-refractivity contribution in [1.82, 2.24) is 4.90 Å². The normalized spacial score (nSPS) is 17.6. The molecule has 0 amide bonds. The van der Waals surface area contributed by atoms with Crippen molar-refractivity contribution in [3.8, 4) is 0 Å². The minimum atomic E-state index is -0.0780. The molecule has 0 N–H and O–H groups in total. The second-order valence-electron chi connectivity index (χ2n) is 4.90. The topological polar surface area (TPSA) is 12.5 Å². The molecule has 0 aromatic heterocycles. The summed E-state index contributed by atoms with van der Waals surface area (Å²) in [6.07, 6.45) is 0. The van der Waals surface area contributed by atoms with Crippen molar-refractivity contribution in [1.29, 1.82) is 0 Å². The van der Waals surface area contributed by atoms with E-state index in [9.17, 15) is 4.39 Å². The molecule has 0 atom stereocenters. The molecule has 0 unspecified atom stereocenters. The van der Waals surface area contributed by atoms with Crippen LogP contribution >= 0.6 is 0 Å². The molecule has 0 spiro atoms. The second-order valence-corrected chi connectivity index (χ2v) is 4.90. The molecule has 3 heteroatoms. The van der Waals surface area contributed by atoms with Gasteiger partial charge >= 0.3 is 0 Å². The van der Waals surface area contributed by atoms with Crippen molar-refractivity contribution in [3.63, 3.8) is 0 Å². The summed E-state index contributed by atoms with van der Waals surface area (Å²) in [7, 11) is 0. The van der Waals surface area contributed by atoms with E-state index in [1.54, 1.807) is 6.07 Å². The van der Waals surface area contributed by atoms with Crippen molar-refractivity contribution in [3.05, 3.63) is 35.1 Å². The van der Waals surface area contributed by atoms with Crippen LogP contribution in [-0.4, -0.2) is 31.2 Å². The molecule has 1 aliphatic rings. The molecule has 0 saturated carbocycles. The Hall–Kier alpha value is -0.930. The van der Waals surface area contributed by atoms with Crippen LogP contribution in [0.2, 0.25) is 0 Å². The molecule has 0 radical (unpaired) electrons. The van der Waals surface area contributed by atoms with Crippen LogP contribution in [0.5, 0.6) is 0 Å². The highest BCUT2D eigenvalue weighted by molar-refractivity contribution is 5.26. The zero-order valence-electron chi connectivity index (χ0n) is 10.6. The minimum Gasteiger partial charge on any atom is -0.379 e. The quantitative estimate of drug-likeness (QED) is 0.801. The lowest BCUT2D eigenvalue weighted by atomic mass is 10.0. The van der Waals surface area contributed by atoms with Crippen LogP contribution in [0.15, 0.2) is 18.2 Å². The second kappa shape index (κ2) is 5.61. The highest BCUT2D eigenvalue weighted by Gasteiger charge is 2.12. The van der Waals surface area contributed by atoms with Crippen molar-refractivity contribution < 1.29 is 9.13 Å². The first kappa shape index (κ1) is 12.5. The van der Waals surface area contributed by atoms with Gasteiger partial charge in [0.25, 0.3) is 0 Å². The monoisotopic (exact) mass is 237 g/mol. The Balaban J connectivity index is 2.04. The average molecular weight is 237 g/mol. The Morgan fingerprint density at radius 3 is 2.59 bits per heavy atom. The fourth-order valence-electron chi connectivity index (χ4n) is 2.15. The van der Waals surface area contributed by atoms with Gasteiger partial charge in [-0.15, -0.1) is 0 Å². The van der Waals surface area contributed by atoms with E-state index in [2.05, 4.69) is 4.90 Å². The summed E-state index contributed by atoms with van der Waals surface area (Å²) < 4.78 is 19.1. The number of morpholine rings is 1. The zero-order valence-corrected chi connectivity index (χ0v) is 10.6. The zero-order chi connectivity index (χ0) is 12.3. The van der Waals surface area contributed by atoms with Gasteiger partial charge in [0.05, 0.1) is 13.2 Å². The number of hydrogen-bond acceptors (Lipinski definition) is 2. The lowest BCUT2D eigenvalue weighted by Crippen LogP contribution is -2.35. The number of rotatable bonds is 3. The van der Waals surface area contributed by atoms with Crippen LogP contribution in [0.25, 0.3) is 0 Å². The van der Waals surface area contributed by atoms with E-state index >= 15 is 0 Å². The van der Waals surface area contributed by atoms with Gasteiger partial charge in [-0.25, -0.2) is 4.39 Å². The minimum absolute atomic E-state index is 0.0780. The van der Waals surface area contributed by atoms with Crippen LogP contribution < -0.4 is 0 Å². The molecule has 0 aliphatic carbocycles. The van der Waals surface area contributed by atoms with Crippen LogP contribution in [0.1, 0.15) is 30.9 Å². The van der Waals surface area contributed by atoms with Gasteiger partial charge < -0.3 is 4.74 Å². The Labute approximate surface area is 102 Å². The van der Waals surface area contributed by atoms with Crippen LogP contribution in [0, 0.1) is 5.82 Å². The van der Waals surface area contributed by atoms with E-state index in [1.165, 1.54) is 0 Å². The summed E-state index contributed by atoms with van der Waals surface area (Å²) >= 11 is 0. The Morgan fingerprint density at radius 2 is 2.00 bits per heavy atom. The highest BCUT2D eigenvalue weighted by Crippen LogP contribution is 2.20. The maximum atomic E-state index is 13.8. The number of halogens is 1. The van der Waals surface area contributed by atoms with Gasteiger partial charge in [-0.3, -0.25) is 4.90 Å². The molecular weight excluding hydrogens is 217 g/mol. The van der Waals surface area contributed by atoms with E-state index in [4.69, 9.17) is 4.74 Å². The third kappa shape index (κ3) is 3.27. The van der Waals surface area contributed by atoms with E-state index in [0.717, 1.165) is 44.0 Å². The fraction of sp³-hybridized carbons (Fsp3) is 0.571. The maximum Gasteiger partial charge on any atom is 0.126 e. The third-order valence-electron chi connectivity index (χ3n) is 3.20. The molecule has 1 heterocycles. The van der Waals surface area contributed by atoms with Gasteiger partial charge in [0.1, 0.15) is 5.82 Å². The number of ether oxygens (including phenoxy) is 1. The van der Waals surface area contributed by atoms with E-state index in [-0.39, 0.29) is 11.7 Å². The van der Waals surface area contributed by atoms with Gasteiger partial charge in [0.15, 0.2) is 0 Å². The highest BCUT2D eigenvalue weighted by atomic mass is 19.1. The number of hydrogen-bond donors (Lipinski definition) is 0. The standard InChI is InChI=1S/C14H20FNO/c1-11(2)13-4-3-12(9-14(13)15)10-16-5-7-17-8-6-16/h3-4,9,11H,5-8,10H2,1-2H3. The van der Waals surface area contributed by atoms with Crippen LogP contribution in [0.4, 0.5) is 4.39 Å². The molecule has 94 valence electrons. The van der Waals surface area contributed by atoms with Crippen molar-refractivity contribution in [2.75, 3.05) is 26.3 Å². The van der Waals surface area contributed by atoms with Crippen molar-refractivity contribution in [2.24, 2.45) is 0 Å². The Bertz CT molecular complexity index is 372. The third-order valence-corrected chi connectivity index (χ3v) is 3.20. The molecule has 1 aromatic carbocycles. The summed E-state index contributed by atoms with van der Waals surface area (Å²) in [5.74, 6) is 0.165. The molecule has 0 bridgehead atoms. The first-order chi connectivity index (χ1) is 8.16. The molecule has 2 rings (SSSR count). The smallest absolute Gasteiger partial charge is 0.126 e. The van der Waals surface area contributed by atoms with E-state index in [1.807, 2.05) is 26.0 Å². The Morgan fingerprint density at radius 1 is 1.29 bits per heavy atom. The van der Waals surface area contributed by atoms with Gasteiger partial charge in [0.2, 0.25) is 0 Å². The molecule has 1 aromatic rings. The Kier molecular flexibility index (Phi) is 4.13. The van der Waals surface area contributed by atoms with Gasteiger partial charge in [-0.05, 0) is 23.1 Å². The molecule has 1 saturated heterocycles. The summed E-state index contributed by atoms with van der Waals surface area (Å²) in [5, 5.41) is 0. The first-order valence-electron chi connectivity index (χ1n) is 6.25. The SMILES string of the molecule is CC(C)c1ccc(CN2CCOCC2)cc1F. The van der Waals surface area contributed by atoms with Crippen molar-refractivity contribution in [2.45, 2.75) is 26.3 Å². The summed E-state index contributed by atoms with van der Waals surface area (Å²) in [5.41, 5.74) is 1.85.